The molecule has 0 fully saturated rings. The fraction of sp³-hybridized carbons (Fsp3) is 0.379. The van der Waals surface area contributed by atoms with Gasteiger partial charge >= 0.3 is 0 Å². The van der Waals surface area contributed by atoms with E-state index in [0.29, 0.717) is 13.2 Å². The first-order valence-electron chi connectivity index (χ1n) is 11.9. The van der Waals surface area contributed by atoms with Gasteiger partial charge in [-0.15, -0.1) is 0 Å². The van der Waals surface area contributed by atoms with Crippen LogP contribution in [0.25, 0.3) is 0 Å². The monoisotopic (exact) mass is 446 g/mol. The highest BCUT2D eigenvalue weighted by Crippen LogP contribution is 2.37. The molecular weight excluding hydrogens is 408 g/mol. The Hall–Kier alpha value is -2.98. The van der Waals surface area contributed by atoms with Gasteiger partial charge in [0.1, 0.15) is 11.9 Å². The zero-order valence-corrected chi connectivity index (χ0v) is 21.0. The topological polar surface area (TPSA) is 24.9 Å². The first-order valence-corrected chi connectivity index (χ1v) is 11.9. The molecule has 0 amide bonds. The van der Waals surface area contributed by atoms with Crippen LogP contribution >= 0.6 is 0 Å². The lowest BCUT2D eigenvalue weighted by atomic mass is 9.99. The number of hydrogen-bond donors (Lipinski definition) is 0. The van der Waals surface area contributed by atoms with Crippen LogP contribution in [0.2, 0.25) is 0 Å². The summed E-state index contributed by atoms with van der Waals surface area (Å²) in [5, 5.41) is 0. The summed E-state index contributed by atoms with van der Waals surface area (Å²) in [6, 6.07) is 23.6. The van der Waals surface area contributed by atoms with Crippen molar-refractivity contribution in [3.8, 4) is 5.75 Å². The van der Waals surface area contributed by atoms with Gasteiger partial charge in [-0.25, -0.2) is 0 Å². The lowest BCUT2D eigenvalue weighted by molar-refractivity contribution is 0.0647. The average molecular weight is 447 g/mol. The molecule has 1 atom stereocenters. The third-order valence-corrected chi connectivity index (χ3v) is 5.96. The molecule has 0 aliphatic carbocycles. The highest BCUT2D eigenvalue weighted by molar-refractivity contribution is 5.56. The Labute approximate surface area is 199 Å². The summed E-state index contributed by atoms with van der Waals surface area (Å²) in [5.41, 5.74) is 6.92. The zero-order chi connectivity index (χ0) is 23.8. The number of rotatable bonds is 11. The molecule has 0 spiro atoms. The molecule has 0 saturated heterocycles. The molecule has 3 aromatic carbocycles. The van der Waals surface area contributed by atoms with Crippen molar-refractivity contribution in [3.63, 3.8) is 0 Å². The van der Waals surface area contributed by atoms with Gasteiger partial charge in [0.05, 0.1) is 13.2 Å². The molecule has 0 saturated carbocycles. The van der Waals surface area contributed by atoms with Crippen LogP contribution in [0.5, 0.6) is 5.75 Å². The van der Waals surface area contributed by atoms with Crippen molar-refractivity contribution in [1.82, 2.24) is 0 Å². The fourth-order valence-corrected chi connectivity index (χ4v) is 3.98. The van der Waals surface area contributed by atoms with E-state index in [9.17, 15) is 0 Å². The summed E-state index contributed by atoms with van der Waals surface area (Å²) in [4.78, 5) is 4.44. The predicted octanol–water partition coefficient (Wildman–Crippen LogP) is 6.61. The maximum Gasteiger partial charge on any atom is 0.127 e. The van der Waals surface area contributed by atoms with Crippen molar-refractivity contribution >= 4 is 11.4 Å². The van der Waals surface area contributed by atoms with Crippen LogP contribution in [0.3, 0.4) is 0 Å². The quantitative estimate of drug-likeness (QED) is 0.331. The van der Waals surface area contributed by atoms with Gasteiger partial charge in [-0.3, -0.25) is 0 Å². The molecule has 1 unspecified atom stereocenters. The van der Waals surface area contributed by atoms with E-state index in [0.717, 1.165) is 41.2 Å². The predicted molar refractivity (Wildman–Crippen MR) is 140 cm³/mol. The van der Waals surface area contributed by atoms with Gasteiger partial charge in [0, 0.05) is 50.2 Å². The number of nitrogens with zero attached hydrogens (tertiary/aromatic N) is 2. The van der Waals surface area contributed by atoms with Crippen LogP contribution in [-0.4, -0.2) is 33.8 Å². The molecule has 0 aliphatic heterocycles. The van der Waals surface area contributed by atoms with Crippen LogP contribution in [0.1, 0.15) is 49.1 Å². The third kappa shape index (κ3) is 6.29. The van der Waals surface area contributed by atoms with Gasteiger partial charge in [-0.2, -0.15) is 0 Å². The number of anilines is 2. The summed E-state index contributed by atoms with van der Waals surface area (Å²) in [6.07, 6.45) is -0.227. The summed E-state index contributed by atoms with van der Waals surface area (Å²) in [5.74, 6) is 0.882. The maximum absolute atomic E-state index is 6.57. The van der Waals surface area contributed by atoms with E-state index in [2.05, 4.69) is 111 Å². The number of benzene rings is 3. The molecule has 0 bridgehead atoms. The second-order valence-corrected chi connectivity index (χ2v) is 8.49. The van der Waals surface area contributed by atoms with Crippen LogP contribution in [0.15, 0.2) is 66.7 Å². The molecule has 3 rings (SSSR count). The van der Waals surface area contributed by atoms with E-state index in [1.807, 2.05) is 6.92 Å². The molecule has 0 aromatic heterocycles. The van der Waals surface area contributed by atoms with E-state index in [1.165, 1.54) is 11.3 Å². The summed E-state index contributed by atoms with van der Waals surface area (Å²) in [6.45, 7) is 11.5. The van der Waals surface area contributed by atoms with Gasteiger partial charge in [-0.1, -0.05) is 48.0 Å². The Morgan fingerprint density at radius 3 is 2.00 bits per heavy atom. The Morgan fingerprint density at radius 1 is 0.788 bits per heavy atom. The van der Waals surface area contributed by atoms with Crippen LogP contribution < -0.4 is 14.5 Å². The standard InChI is InChI=1S/C29H38N2O2/c1-7-31(8-2)26-18-19-27(28(20-26)32-9-3)29(24-14-16-25(17-15-24)30(5)6)33-21-23-12-10-22(4)11-13-23/h10-20,29H,7-9,21H2,1-6H3. The minimum atomic E-state index is -0.227. The van der Waals surface area contributed by atoms with Crippen LogP contribution in [-0.2, 0) is 11.3 Å². The van der Waals surface area contributed by atoms with Crippen molar-refractivity contribution < 1.29 is 9.47 Å². The Kier molecular flexibility index (Phi) is 8.79. The van der Waals surface area contributed by atoms with E-state index in [-0.39, 0.29) is 6.10 Å². The van der Waals surface area contributed by atoms with Crippen molar-refractivity contribution in [2.45, 2.75) is 40.4 Å². The fourth-order valence-electron chi connectivity index (χ4n) is 3.98. The van der Waals surface area contributed by atoms with Gasteiger partial charge < -0.3 is 19.3 Å². The Balaban J connectivity index is 2.00. The summed E-state index contributed by atoms with van der Waals surface area (Å²) >= 11 is 0. The summed E-state index contributed by atoms with van der Waals surface area (Å²) < 4.78 is 12.7. The SMILES string of the molecule is CCOc1cc(N(CC)CC)ccc1C(OCc1ccc(C)cc1)c1ccc(N(C)C)cc1. The molecular formula is C29H38N2O2. The van der Waals surface area contributed by atoms with Crippen molar-refractivity contribution in [3.05, 3.63) is 89.0 Å². The molecule has 0 radical (unpaired) electrons. The molecule has 0 N–H and O–H groups in total. The minimum Gasteiger partial charge on any atom is -0.493 e. The Bertz CT molecular complexity index is 993. The van der Waals surface area contributed by atoms with Crippen molar-refractivity contribution in [1.29, 1.82) is 0 Å². The lowest BCUT2D eigenvalue weighted by Crippen LogP contribution is -2.22. The molecule has 4 nitrogen and oxygen atoms in total. The van der Waals surface area contributed by atoms with Gasteiger partial charge in [-0.05, 0) is 57.0 Å². The molecule has 176 valence electrons. The highest BCUT2D eigenvalue weighted by atomic mass is 16.5. The number of ether oxygens (including phenoxy) is 2. The van der Waals surface area contributed by atoms with Crippen molar-refractivity contribution in [2.24, 2.45) is 0 Å². The maximum atomic E-state index is 6.57. The first-order chi connectivity index (χ1) is 16.0. The minimum absolute atomic E-state index is 0.227. The molecule has 0 aliphatic rings. The second-order valence-electron chi connectivity index (χ2n) is 8.49. The van der Waals surface area contributed by atoms with E-state index in [4.69, 9.17) is 9.47 Å². The molecule has 3 aromatic rings. The summed E-state index contributed by atoms with van der Waals surface area (Å²) in [7, 11) is 4.11. The molecule has 4 heteroatoms. The lowest BCUT2D eigenvalue weighted by Gasteiger charge is -2.26. The first kappa shape index (κ1) is 24.7. The van der Waals surface area contributed by atoms with E-state index in [1.54, 1.807) is 0 Å². The largest absolute Gasteiger partial charge is 0.493 e. The van der Waals surface area contributed by atoms with Gasteiger partial charge in [0.15, 0.2) is 0 Å². The van der Waals surface area contributed by atoms with Crippen molar-refractivity contribution in [2.75, 3.05) is 43.6 Å². The van der Waals surface area contributed by atoms with E-state index >= 15 is 0 Å². The van der Waals surface area contributed by atoms with Crippen LogP contribution in [0, 0.1) is 6.92 Å². The smallest absolute Gasteiger partial charge is 0.127 e. The molecule has 0 heterocycles. The van der Waals surface area contributed by atoms with Crippen LogP contribution in [0.4, 0.5) is 11.4 Å². The zero-order valence-electron chi connectivity index (χ0n) is 21.0. The van der Waals surface area contributed by atoms with Gasteiger partial charge in [0.2, 0.25) is 0 Å². The number of aryl methyl sites for hydroxylation is 1. The van der Waals surface area contributed by atoms with E-state index < -0.39 is 0 Å². The second kappa shape index (κ2) is 11.8. The normalized spacial score (nSPS) is 11.8. The number of hydrogen-bond acceptors (Lipinski definition) is 4. The van der Waals surface area contributed by atoms with Gasteiger partial charge in [0.25, 0.3) is 0 Å². The third-order valence-electron chi connectivity index (χ3n) is 5.96. The average Bonchev–Trinajstić information content (AvgIpc) is 2.82. The Morgan fingerprint density at radius 2 is 1.42 bits per heavy atom. The highest BCUT2D eigenvalue weighted by Gasteiger charge is 2.21. The molecule has 33 heavy (non-hydrogen) atoms.